The third-order valence-electron chi connectivity index (χ3n) is 2.03. The van der Waals surface area contributed by atoms with Crippen LogP contribution in [0.3, 0.4) is 0 Å². The lowest BCUT2D eigenvalue weighted by atomic mass is 10.2. The van der Waals surface area contributed by atoms with Gasteiger partial charge in [-0.25, -0.2) is 9.78 Å². The molecule has 0 aliphatic rings. The highest BCUT2D eigenvalue weighted by molar-refractivity contribution is 7.99. The molecule has 0 atom stereocenters. The highest BCUT2D eigenvalue weighted by atomic mass is 32.2. The number of aromatic nitrogens is 1. The summed E-state index contributed by atoms with van der Waals surface area (Å²) in [5.74, 6) is -0.00638. The summed E-state index contributed by atoms with van der Waals surface area (Å²) in [6.07, 6.45) is 0.961. The number of carbonyl (C=O) groups is 1. The number of ether oxygens (including phenoxy) is 1. The van der Waals surface area contributed by atoms with Crippen molar-refractivity contribution in [2.45, 2.75) is 18.4 Å². The van der Waals surface area contributed by atoms with Crippen LogP contribution in [-0.4, -0.2) is 35.5 Å². The van der Waals surface area contributed by atoms with Crippen LogP contribution >= 0.6 is 11.8 Å². The second kappa shape index (κ2) is 6.50. The first-order valence-corrected chi connectivity index (χ1v) is 5.96. The average Bonchev–Trinajstić information content (AvgIpc) is 2.24. The van der Waals surface area contributed by atoms with Crippen molar-refractivity contribution < 1.29 is 14.6 Å². The van der Waals surface area contributed by atoms with Gasteiger partial charge in [0.2, 0.25) is 0 Å². The van der Waals surface area contributed by atoms with Gasteiger partial charge in [-0.2, -0.15) is 0 Å². The van der Waals surface area contributed by atoms with Crippen LogP contribution in [0.15, 0.2) is 17.2 Å². The first kappa shape index (κ1) is 13.0. The maximum absolute atomic E-state index is 10.8. The zero-order valence-corrected chi connectivity index (χ0v) is 10.2. The maximum Gasteiger partial charge on any atom is 0.337 e. The van der Waals surface area contributed by atoms with E-state index in [0.717, 1.165) is 23.8 Å². The molecule has 1 N–H and O–H groups in total. The molecule has 1 heterocycles. The van der Waals surface area contributed by atoms with Crippen molar-refractivity contribution in [2.75, 3.05) is 19.5 Å². The van der Waals surface area contributed by atoms with Gasteiger partial charge in [0.1, 0.15) is 0 Å². The van der Waals surface area contributed by atoms with E-state index in [0.29, 0.717) is 5.69 Å². The molecule has 1 aromatic heterocycles. The smallest absolute Gasteiger partial charge is 0.337 e. The van der Waals surface area contributed by atoms with Crippen LogP contribution in [-0.2, 0) is 4.74 Å². The Bertz CT molecular complexity index is 368. The molecule has 16 heavy (non-hydrogen) atoms. The fourth-order valence-corrected chi connectivity index (χ4v) is 2.06. The number of aryl methyl sites for hydroxylation is 1. The molecule has 0 unspecified atom stereocenters. The van der Waals surface area contributed by atoms with E-state index >= 15 is 0 Å². The predicted octanol–water partition coefficient (Wildman–Crippen LogP) is 2.22. The molecule has 0 aliphatic carbocycles. The first-order chi connectivity index (χ1) is 7.65. The lowest BCUT2D eigenvalue weighted by Gasteiger charge is -2.04. The summed E-state index contributed by atoms with van der Waals surface area (Å²) in [6.45, 7) is 2.45. The van der Waals surface area contributed by atoms with E-state index in [2.05, 4.69) is 4.98 Å². The molecule has 0 fully saturated rings. The lowest BCUT2D eigenvalue weighted by molar-refractivity contribution is 0.0695. The molecular weight excluding hydrogens is 226 g/mol. The van der Waals surface area contributed by atoms with Crippen LogP contribution in [0.1, 0.15) is 22.5 Å². The van der Waals surface area contributed by atoms with E-state index in [-0.39, 0.29) is 5.56 Å². The molecule has 1 rings (SSSR count). The van der Waals surface area contributed by atoms with Crippen molar-refractivity contribution >= 4 is 17.7 Å². The zero-order chi connectivity index (χ0) is 12.0. The molecule has 0 amide bonds. The molecule has 1 aromatic rings. The fourth-order valence-electron chi connectivity index (χ4n) is 1.22. The van der Waals surface area contributed by atoms with Gasteiger partial charge in [-0.15, -0.1) is 11.8 Å². The molecule has 0 aliphatic heterocycles. The Balaban J connectivity index is 2.56. The monoisotopic (exact) mass is 241 g/mol. The van der Waals surface area contributed by atoms with Gasteiger partial charge in [0, 0.05) is 19.5 Å². The van der Waals surface area contributed by atoms with Crippen molar-refractivity contribution in [3.63, 3.8) is 0 Å². The molecule has 0 saturated heterocycles. The van der Waals surface area contributed by atoms with Crippen LogP contribution in [0.25, 0.3) is 0 Å². The lowest BCUT2D eigenvalue weighted by Crippen LogP contribution is -2.02. The van der Waals surface area contributed by atoms with Crippen LogP contribution in [0.4, 0.5) is 0 Å². The molecule has 88 valence electrons. The number of nitrogens with zero attached hydrogens (tertiary/aromatic N) is 1. The van der Waals surface area contributed by atoms with E-state index in [1.54, 1.807) is 37.9 Å². The van der Waals surface area contributed by atoms with E-state index in [4.69, 9.17) is 9.84 Å². The third-order valence-corrected chi connectivity index (χ3v) is 3.05. The number of carboxylic acid groups (broad SMARTS) is 1. The topological polar surface area (TPSA) is 59.4 Å². The summed E-state index contributed by atoms with van der Waals surface area (Å²) in [7, 11) is 1.68. The zero-order valence-electron chi connectivity index (χ0n) is 9.40. The minimum atomic E-state index is -0.930. The molecule has 5 heteroatoms. The normalized spacial score (nSPS) is 10.4. The number of carboxylic acids is 1. The molecule has 0 spiro atoms. The molecule has 0 aromatic carbocycles. The van der Waals surface area contributed by atoms with Gasteiger partial charge < -0.3 is 9.84 Å². The Morgan fingerprint density at radius 2 is 2.31 bits per heavy atom. The van der Waals surface area contributed by atoms with E-state index in [9.17, 15) is 4.79 Å². The Labute approximate surface area is 99.0 Å². The van der Waals surface area contributed by atoms with Gasteiger partial charge >= 0.3 is 5.97 Å². The Morgan fingerprint density at radius 1 is 1.56 bits per heavy atom. The number of methoxy groups -OCH3 is 1. The number of pyridine rings is 1. The molecule has 0 bridgehead atoms. The van der Waals surface area contributed by atoms with Crippen LogP contribution in [0, 0.1) is 6.92 Å². The van der Waals surface area contributed by atoms with Gasteiger partial charge in [-0.05, 0) is 25.5 Å². The van der Waals surface area contributed by atoms with Gasteiger partial charge in [-0.1, -0.05) is 0 Å². The average molecular weight is 241 g/mol. The summed E-state index contributed by atoms with van der Waals surface area (Å²) < 4.78 is 4.94. The molecular formula is C11H15NO3S. The van der Waals surface area contributed by atoms with Crippen molar-refractivity contribution in [2.24, 2.45) is 0 Å². The van der Waals surface area contributed by atoms with Crippen molar-refractivity contribution in [1.82, 2.24) is 4.98 Å². The highest BCUT2D eigenvalue weighted by Crippen LogP contribution is 2.18. The first-order valence-electron chi connectivity index (χ1n) is 4.98. The molecule has 0 saturated carbocycles. The van der Waals surface area contributed by atoms with E-state index in [1.807, 2.05) is 0 Å². The quantitative estimate of drug-likeness (QED) is 0.611. The minimum absolute atomic E-state index is 0.265. The Kier molecular flexibility index (Phi) is 5.28. The second-order valence-electron chi connectivity index (χ2n) is 3.28. The van der Waals surface area contributed by atoms with E-state index < -0.39 is 5.97 Å². The Morgan fingerprint density at radius 3 is 2.88 bits per heavy atom. The summed E-state index contributed by atoms with van der Waals surface area (Å²) in [4.78, 5) is 15.0. The third kappa shape index (κ3) is 3.83. The van der Waals surface area contributed by atoms with Crippen molar-refractivity contribution in [3.8, 4) is 0 Å². The maximum atomic E-state index is 10.8. The van der Waals surface area contributed by atoms with Crippen molar-refractivity contribution in [3.05, 3.63) is 23.4 Å². The van der Waals surface area contributed by atoms with Crippen LogP contribution in [0.2, 0.25) is 0 Å². The summed E-state index contributed by atoms with van der Waals surface area (Å²) in [6, 6.07) is 3.34. The van der Waals surface area contributed by atoms with Crippen LogP contribution in [0.5, 0.6) is 0 Å². The van der Waals surface area contributed by atoms with Gasteiger partial charge in [0.25, 0.3) is 0 Å². The predicted molar refractivity (Wildman–Crippen MR) is 63.2 cm³/mol. The van der Waals surface area contributed by atoms with Gasteiger partial charge in [0.05, 0.1) is 16.3 Å². The Hall–Kier alpha value is -1.07. The SMILES string of the molecule is COCCCSc1ccc(C(=O)O)c(C)n1. The standard InChI is InChI=1S/C11H15NO3S/c1-8-9(11(13)14)4-5-10(12-8)16-7-3-6-15-2/h4-5H,3,6-7H2,1-2H3,(H,13,14). The second-order valence-corrected chi connectivity index (χ2v) is 4.40. The number of hydrogen-bond donors (Lipinski definition) is 1. The largest absolute Gasteiger partial charge is 0.478 e. The highest BCUT2D eigenvalue weighted by Gasteiger charge is 2.08. The summed E-state index contributed by atoms with van der Waals surface area (Å²) in [5, 5.41) is 9.70. The minimum Gasteiger partial charge on any atom is -0.478 e. The number of thioether (sulfide) groups is 1. The number of aromatic carboxylic acids is 1. The summed E-state index contributed by atoms with van der Waals surface area (Å²) in [5.41, 5.74) is 0.825. The van der Waals surface area contributed by atoms with Crippen molar-refractivity contribution in [1.29, 1.82) is 0 Å². The summed E-state index contributed by atoms with van der Waals surface area (Å²) >= 11 is 1.61. The fraction of sp³-hybridized carbons (Fsp3) is 0.455. The van der Waals surface area contributed by atoms with Gasteiger partial charge in [-0.3, -0.25) is 0 Å². The van der Waals surface area contributed by atoms with E-state index in [1.165, 1.54) is 0 Å². The van der Waals surface area contributed by atoms with Crippen LogP contribution < -0.4 is 0 Å². The number of hydrogen-bond acceptors (Lipinski definition) is 4. The molecule has 0 radical (unpaired) electrons. The number of rotatable bonds is 6. The van der Waals surface area contributed by atoms with Gasteiger partial charge in [0.15, 0.2) is 0 Å². The molecule has 4 nitrogen and oxygen atoms in total.